The lowest BCUT2D eigenvalue weighted by Gasteiger charge is -2.31. The highest BCUT2D eigenvalue weighted by atomic mass is 35.5. The number of nitrogens with one attached hydrogen (secondary N) is 1. The molecule has 0 aliphatic heterocycles. The molecule has 94 valence electrons. The number of nitrogens with zero attached hydrogens (tertiary/aromatic N) is 2. The second-order valence-corrected chi connectivity index (χ2v) is 5.67. The molecule has 1 aromatic heterocycles. The van der Waals surface area contributed by atoms with Gasteiger partial charge >= 0.3 is 0 Å². The maximum Gasteiger partial charge on any atom is 0.224 e. The van der Waals surface area contributed by atoms with Crippen molar-refractivity contribution in [1.29, 1.82) is 0 Å². The summed E-state index contributed by atoms with van der Waals surface area (Å²) in [6.45, 7) is 0. The van der Waals surface area contributed by atoms with E-state index in [9.17, 15) is 0 Å². The average molecular weight is 273 g/mol. The van der Waals surface area contributed by atoms with Crippen LogP contribution in [-0.2, 0) is 0 Å². The van der Waals surface area contributed by atoms with E-state index in [2.05, 4.69) is 21.5 Å². The van der Waals surface area contributed by atoms with E-state index in [1.807, 2.05) is 11.8 Å². The average Bonchev–Trinajstić information content (AvgIpc) is 2.34. The molecule has 0 bridgehead atoms. The first-order valence-corrected chi connectivity index (χ1v) is 7.44. The molecular formula is C11H17ClN4S. The first-order valence-electron chi connectivity index (χ1n) is 5.78. The Hall–Kier alpha value is -0.680. The lowest BCUT2D eigenvalue weighted by molar-refractivity contribution is 0.474. The number of hydrogen-bond donors (Lipinski definition) is 2. The molecule has 4 nitrogen and oxygen atoms in total. The minimum absolute atomic E-state index is 0.234. The van der Waals surface area contributed by atoms with Gasteiger partial charge in [0.05, 0.1) is 11.9 Å². The van der Waals surface area contributed by atoms with Crippen LogP contribution in [0, 0.1) is 0 Å². The summed E-state index contributed by atoms with van der Waals surface area (Å²) in [6, 6.07) is 0.423. The number of hydrogen-bond acceptors (Lipinski definition) is 5. The summed E-state index contributed by atoms with van der Waals surface area (Å²) < 4.78 is 0. The summed E-state index contributed by atoms with van der Waals surface area (Å²) in [4.78, 5) is 8.00. The van der Waals surface area contributed by atoms with Gasteiger partial charge in [-0.1, -0.05) is 12.8 Å². The van der Waals surface area contributed by atoms with E-state index in [1.165, 1.54) is 19.3 Å². The van der Waals surface area contributed by atoms with Crippen LogP contribution in [0.15, 0.2) is 6.20 Å². The molecule has 0 spiro atoms. The molecule has 6 heteroatoms. The van der Waals surface area contributed by atoms with Crippen LogP contribution in [-0.4, -0.2) is 27.5 Å². The first kappa shape index (κ1) is 12.8. The van der Waals surface area contributed by atoms with Crippen molar-refractivity contribution in [1.82, 2.24) is 9.97 Å². The third-order valence-electron chi connectivity index (χ3n) is 3.12. The molecule has 2 rings (SSSR count). The molecule has 1 aliphatic carbocycles. The maximum absolute atomic E-state index is 5.84. The number of aromatic nitrogens is 2. The number of nitrogens with two attached hydrogens (primary N) is 1. The smallest absolute Gasteiger partial charge is 0.224 e. The van der Waals surface area contributed by atoms with Crippen molar-refractivity contribution in [3.8, 4) is 0 Å². The van der Waals surface area contributed by atoms with E-state index < -0.39 is 0 Å². The highest BCUT2D eigenvalue weighted by molar-refractivity contribution is 7.99. The van der Waals surface area contributed by atoms with E-state index >= 15 is 0 Å². The van der Waals surface area contributed by atoms with Crippen molar-refractivity contribution < 1.29 is 0 Å². The van der Waals surface area contributed by atoms with Crippen molar-refractivity contribution in [2.45, 2.75) is 37.0 Å². The van der Waals surface area contributed by atoms with E-state index in [0.717, 1.165) is 6.42 Å². The number of anilines is 2. The van der Waals surface area contributed by atoms with Gasteiger partial charge in [0.15, 0.2) is 5.82 Å². The predicted octanol–water partition coefficient (Wildman–Crippen LogP) is 2.80. The van der Waals surface area contributed by atoms with Crippen molar-refractivity contribution in [3.63, 3.8) is 0 Å². The Bertz CT molecular complexity index is 388. The fraction of sp³-hybridized carbons (Fsp3) is 0.636. The van der Waals surface area contributed by atoms with Gasteiger partial charge in [-0.15, -0.1) is 0 Å². The molecule has 0 aromatic carbocycles. The van der Waals surface area contributed by atoms with Crippen LogP contribution in [0.4, 0.5) is 11.5 Å². The van der Waals surface area contributed by atoms with Gasteiger partial charge in [0, 0.05) is 11.3 Å². The van der Waals surface area contributed by atoms with Gasteiger partial charge < -0.3 is 11.1 Å². The van der Waals surface area contributed by atoms with Crippen LogP contribution in [0.3, 0.4) is 0 Å². The second kappa shape index (κ2) is 5.78. The van der Waals surface area contributed by atoms with Gasteiger partial charge in [0.2, 0.25) is 5.28 Å². The quantitative estimate of drug-likeness (QED) is 0.829. The van der Waals surface area contributed by atoms with Crippen LogP contribution in [0.1, 0.15) is 25.7 Å². The van der Waals surface area contributed by atoms with E-state index in [1.54, 1.807) is 6.20 Å². The second-order valence-electron chi connectivity index (χ2n) is 4.25. The highest BCUT2D eigenvalue weighted by Crippen LogP contribution is 2.30. The molecule has 0 saturated heterocycles. The van der Waals surface area contributed by atoms with E-state index in [-0.39, 0.29) is 5.28 Å². The number of thioether (sulfide) groups is 1. The van der Waals surface area contributed by atoms with Crippen LogP contribution in [0.2, 0.25) is 5.28 Å². The van der Waals surface area contributed by atoms with Crippen LogP contribution in [0.25, 0.3) is 0 Å². The zero-order valence-corrected chi connectivity index (χ0v) is 11.4. The molecule has 3 N–H and O–H groups in total. The van der Waals surface area contributed by atoms with Gasteiger partial charge in [0.25, 0.3) is 0 Å². The molecule has 1 fully saturated rings. The Morgan fingerprint density at radius 2 is 2.24 bits per heavy atom. The maximum atomic E-state index is 5.84. The van der Waals surface area contributed by atoms with Gasteiger partial charge in [-0.05, 0) is 30.7 Å². The van der Waals surface area contributed by atoms with Gasteiger partial charge in [-0.25, -0.2) is 4.98 Å². The molecule has 2 unspecified atom stereocenters. The van der Waals surface area contributed by atoms with Gasteiger partial charge in [-0.3, -0.25) is 0 Å². The third kappa shape index (κ3) is 3.16. The summed E-state index contributed by atoms with van der Waals surface area (Å²) in [5, 5.41) is 4.27. The van der Waals surface area contributed by atoms with Crippen molar-refractivity contribution >= 4 is 34.9 Å². The fourth-order valence-corrected chi connectivity index (χ4v) is 3.27. The predicted molar refractivity (Wildman–Crippen MR) is 74.6 cm³/mol. The number of rotatable bonds is 3. The molecule has 0 radical (unpaired) electrons. The molecule has 0 amide bonds. The summed E-state index contributed by atoms with van der Waals surface area (Å²) in [7, 11) is 0. The van der Waals surface area contributed by atoms with Crippen LogP contribution in [0.5, 0.6) is 0 Å². The van der Waals surface area contributed by atoms with E-state index in [0.29, 0.717) is 22.8 Å². The molecule has 1 heterocycles. The Labute approximate surface area is 111 Å². The topological polar surface area (TPSA) is 63.8 Å². The van der Waals surface area contributed by atoms with E-state index in [4.69, 9.17) is 17.3 Å². The third-order valence-corrected chi connectivity index (χ3v) is 4.47. The SMILES string of the molecule is CSC1CCCCC1Nc1nc(Cl)ncc1N. The molecule has 2 atom stereocenters. The van der Waals surface area contributed by atoms with Crippen molar-refractivity contribution in [3.05, 3.63) is 11.5 Å². The number of nitrogen functional groups attached to an aromatic ring is 1. The summed E-state index contributed by atoms with van der Waals surface area (Å²) in [5.41, 5.74) is 6.40. The minimum atomic E-state index is 0.234. The summed E-state index contributed by atoms with van der Waals surface area (Å²) in [6.07, 6.45) is 8.68. The largest absolute Gasteiger partial charge is 0.394 e. The van der Waals surface area contributed by atoms with Crippen LogP contribution < -0.4 is 11.1 Å². The molecular weight excluding hydrogens is 256 g/mol. The Morgan fingerprint density at radius 3 is 3.00 bits per heavy atom. The molecule has 1 aliphatic rings. The number of halogens is 1. The normalized spacial score (nSPS) is 24.6. The van der Waals surface area contributed by atoms with Crippen molar-refractivity contribution in [2.24, 2.45) is 0 Å². The van der Waals surface area contributed by atoms with Crippen LogP contribution >= 0.6 is 23.4 Å². The lowest BCUT2D eigenvalue weighted by atomic mass is 9.95. The summed E-state index contributed by atoms with van der Waals surface area (Å²) in [5.74, 6) is 0.663. The first-order chi connectivity index (χ1) is 8.20. The van der Waals surface area contributed by atoms with Gasteiger partial charge in [0.1, 0.15) is 0 Å². The monoisotopic (exact) mass is 272 g/mol. The minimum Gasteiger partial charge on any atom is -0.394 e. The zero-order valence-electron chi connectivity index (χ0n) is 9.82. The Balaban J connectivity index is 2.10. The van der Waals surface area contributed by atoms with Crippen molar-refractivity contribution in [2.75, 3.05) is 17.3 Å². The summed E-state index contributed by atoms with van der Waals surface area (Å²) >= 11 is 7.69. The molecule has 1 aromatic rings. The zero-order chi connectivity index (χ0) is 12.3. The Morgan fingerprint density at radius 1 is 1.47 bits per heavy atom. The van der Waals surface area contributed by atoms with Gasteiger partial charge in [-0.2, -0.15) is 16.7 Å². The Kier molecular flexibility index (Phi) is 4.34. The lowest BCUT2D eigenvalue weighted by Crippen LogP contribution is -2.34. The standard InChI is InChI=1S/C11H17ClN4S/c1-17-9-5-3-2-4-8(9)15-10-7(13)6-14-11(12)16-10/h6,8-9H,2-5,13H2,1H3,(H,14,15,16). The molecule has 1 saturated carbocycles. The molecule has 17 heavy (non-hydrogen) atoms. The fourth-order valence-electron chi connectivity index (χ4n) is 2.20. The highest BCUT2D eigenvalue weighted by Gasteiger charge is 2.25.